The van der Waals surface area contributed by atoms with E-state index in [1.807, 2.05) is 0 Å². The SMILES string of the molecule is CCOC(=O)c1ccc(Oc2ccc(C(F)(F)C(F)(F)C(F)(F)F)cc2)nc1. The average molecular weight is 411 g/mol. The molecule has 1 heterocycles. The summed E-state index contributed by atoms with van der Waals surface area (Å²) < 4.78 is 99.9. The van der Waals surface area contributed by atoms with Crippen LogP contribution in [-0.2, 0) is 10.7 Å². The Bertz CT molecular complexity index is 818. The van der Waals surface area contributed by atoms with Gasteiger partial charge in [0.1, 0.15) is 5.75 Å². The molecule has 11 heteroatoms. The minimum atomic E-state index is -6.42. The van der Waals surface area contributed by atoms with Crippen LogP contribution in [0.25, 0.3) is 0 Å². The molecule has 0 fully saturated rings. The van der Waals surface area contributed by atoms with E-state index in [2.05, 4.69) is 4.98 Å². The maximum absolute atomic E-state index is 13.6. The minimum absolute atomic E-state index is 0.0758. The fraction of sp³-hybridized carbons (Fsp3) is 0.294. The Kier molecular flexibility index (Phi) is 5.86. The highest BCUT2D eigenvalue weighted by atomic mass is 19.4. The quantitative estimate of drug-likeness (QED) is 0.476. The van der Waals surface area contributed by atoms with Crippen molar-refractivity contribution in [1.29, 1.82) is 0 Å². The van der Waals surface area contributed by atoms with E-state index in [0.29, 0.717) is 12.1 Å². The lowest BCUT2D eigenvalue weighted by Crippen LogP contribution is -2.49. The van der Waals surface area contributed by atoms with E-state index in [4.69, 9.17) is 9.47 Å². The normalized spacial score (nSPS) is 12.6. The molecule has 152 valence electrons. The Balaban J connectivity index is 2.16. The molecule has 0 aliphatic heterocycles. The van der Waals surface area contributed by atoms with Gasteiger partial charge in [-0.2, -0.15) is 30.7 Å². The molecule has 2 rings (SSSR count). The molecule has 4 nitrogen and oxygen atoms in total. The maximum Gasteiger partial charge on any atom is 0.460 e. The molecule has 0 N–H and O–H groups in total. The zero-order chi connectivity index (χ0) is 21.2. The van der Waals surface area contributed by atoms with Gasteiger partial charge >= 0.3 is 24.0 Å². The van der Waals surface area contributed by atoms with E-state index < -0.39 is 29.6 Å². The van der Waals surface area contributed by atoms with E-state index >= 15 is 0 Å². The van der Waals surface area contributed by atoms with Crippen molar-refractivity contribution in [2.75, 3.05) is 6.61 Å². The Labute approximate surface area is 153 Å². The third-order valence-electron chi connectivity index (χ3n) is 3.44. The first kappa shape index (κ1) is 21.5. The number of ether oxygens (including phenoxy) is 2. The lowest BCUT2D eigenvalue weighted by atomic mass is 10.0. The first-order valence-corrected chi connectivity index (χ1v) is 7.64. The van der Waals surface area contributed by atoms with Crippen molar-refractivity contribution >= 4 is 5.97 Å². The van der Waals surface area contributed by atoms with Gasteiger partial charge in [-0.25, -0.2) is 9.78 Å². The molecule has 0 radical (unpaired) electrons. The summed E-state index contributed by atoms with van der Waals surface area (Å²) in [6.07, 6.45) is -5.30. The fourth-order valence-electron chi connectivity index (χ4n) is 1.99. The van der Waals surface area contributed by atoms with Gasteiger partial charge in [-0.1, -0.05) is 0 Å². The Morgan fingerprint density at radius 1 is 0.964 bits per heavy atom. The summed E-state index contributed by atoms with van der Waals surface area (Å²) in [5, 5.41) is 0. The summed E-state index contributed by atoms with van der Waals surface area (Å²) >= 11 is 0. The number of esters is 1. The molecule has 0 atom stereocenters. The van der Waals surface area contributed by atoms with E-state index in [0.717, 1.165) is 18.3 Å². The van der Waals surface area contributed by atoms with Gasteiger partial charge in [0.05, 0.1) is 12.2 Å². The van der Waals surface area contributed by atoms with Gasteiger partial charge < -0.3 is 9.47 Å². The highest BCUT2D eigenvalue weighted by Crippen LogP contribution is 2.51. The second kappa shape index (κ2) is 7.64. The molecule has 1 aromatic carbocycles. The first-order valence-electron chi connectivity index (χ1n) is 7.64. The first-order chi connectivity index (χ1) is 12.9. The summed E-state index contributed by atoms with van der Waals surface area (Å²) in [5.74, 6) is -12.6. The van der Waals surface area contributed by atoms with Gasteiger partial charge in [0.25, 0.3) is 0 Å². The van der Waals surface area contributed by atoms with Crippen molar-refractivity contribution in [3.63, 3.8) is 0 Å². The van der Waals surface area contributed by atoms with E-state index in [1.165, 1.54) is 12.1 Å². The Morgan fingerprint density at radius 3 is 2.04 bits per heavy atom. The zero-order valence-electron chi connectivity index (χ0n) is 14.1. The number of carbonyl (C=O) groups excluding carboxylic acids is 1. The van der Waals surface area contributed by atoms with Crippen LogP contribution in [0.1, 0.15) is 22.8 Å². The summed E-state index contributed by atoms with van der Waals surface area (Å²) in [6, 6.07) is 4.93. The standard InChI is InChI=1S/C17H12F7NO3/c1-2-27-14(26)10-3-8-13(25-9-10)28-12-6-4-11(5-7-12)15(18,19)16(20,21)17(22,23)24/h3-9H,2H2,1H3. The van der Waals surface area contributed by atoms with Crippen LogP contribution < -0.4 is 4.74 Å². The number of hydrogen-bond donors (Lipinski definition) is 0. The van der Waals surface area contributed by atoms with E-state index in [9.17, 15) is 35.5 Å². The van der Waals surface area contributed by atoms with Crippen molar-refractivity contribution in [2.45, 2.75) is 24.9 Å². The molecule has 0 aliphatic carbocycles. The molecular weight excluding hydrogens is 399 g/mol. The van der Waals surface area contributed by atoms with Gasteiger partial charge in [0, 0.05) is 17.8 Å². The van der Waals surface area contributed by atoms with Crippen LogP contribution in [0.5, 0.6) is 11.6 Å². The van der Waals surface area contributed by atoms with Crippen LogP contribution in [0.3, 0.4) is 0 Å². The molecule has 2 aromatic rings. The van der Waals surface area contributed by atoms with Crippen LogP contribution in [0.4, 0.5) is 30.7 Å². The Morgan fingerprint density at radius 2 is 1.57 bits per heavy atom. The third-order valence-corrected chi connectivity index (χ3v) is 3.44. The average Bonchev–Trinajstić information content (AvgIpc) is 2.62. The van der Waals surface area contributed by atoms with Crippen molar-refractivity contribution in [2.24, 2.45) is 0 Å². The number of alkyl halides is 7. The van der Waals surface area contributed by atoms with Crippen LogP contribution in [0.2, 0.25) is 0 Å². The van der Waals surface area contributed by atoms with Crippen molar-refractivity contribution < 1.29 is 45.0 Å². The Hall–Kier alpha value is -2.85. The number of aromatic nitrogens is 1. The predicted molar refractivity (Wildman–Crippen MR) is 81.6 cm³/mol. The van der Waals surface area contributed by atoms with Gasteiger partial charge in [0.2, 0.25) is 5.88 Å². The van der Waals surface area contributed by atoms with Crippen molar-refractivity contribution in [3.8, 4) is 11.6 Å². The van der Waals surface area contributed by atoms with Gasteiger partial charge in [-0.15, -0.1) is 0 Å². The zero-order valence-corrected chi connectivity index (χ0v) is 14.1. The molecule has 0 unspecified atom stereocenters. The fourth-order valence-corrected chi connectivity index (χ4v) is 1.99. The van der Waals surface area contributed by atoms with Crippen LogP contribution in [0, 0.1) is 0 Å². The third kappa shape index (κ3) is 4.18. The largest absolute Gasteiger partial charge is 0.462 e. The summed E-state index contributed by atoms with van der Waals surface area (Å²) in [6.45, 7) is 1.77. The monoisotopic (exact) mass is 411 g/mol. The highest BCUT2D eigenvalue weighted by molar-refractivity contribution is 5.89. The van der Waals surface area contributed by atoms with Gasteiger partial charge in [0.15, 0.2) is 0 Å². The second-order valence-corrected chi connectivity index (χ2v) is 5.38. The highest BCUT2D eigenvalue weighted by Gasteiger charge is 2.73. The van der Waals surface area contributed by atoms with Crippen LogP contribution in [-0.4, -0.2) is 29.7 Å². The molecule has 0 aliphatic rings. The van der Waals surface area contributed by atoms with E-state index in [-0.39, 0.29) is 23.8 Å². The second-order valence-electron chi connectivity index (χ2n) is 5.38. The summed E-state index contributed by atoms with van der Waals surface area (Å²) in [5.41, 5.74) is -1.41. The molecule has 0 saturated heterocycles. The van der Waals surface area contributed by atoms with Gasteiger partial charge in [-0.05, 0) is 37.3 Å². The van der Waals surface area contributed by atoms with Crippen molar-refractivity contribution in [1.82, 2.24) is 4.98 Å². The topological polar surface area (TPSA) is 48.4 Å². The molecule has 0 amide bonds. The number of rotatable bonds is 6. The molecular formula is C17H12F7NO3. The summed E-state index contributed by atoms with van der Waals surface area (Å²) in [4.78, 5) is 15.3. The molecule has 0 saturated carbocycles. The minimum Gasteiger partial charge on any atom is -0.462 e. The molecule has 0 spiro atoms. The number of benzene rings is 1. The molecule has 28 heavy (non-hydrogen) atoms. The summed E-state index contributed by atoms with van der Waals surface area (Å²) in [7, 11) is 0. The van der Waals surface area contributed by atoms with Gasteiger partial charge in [-0.3, -0.25) is 0 Å². The predicted octanol–water partition coefficient (Wildman–Crippen LogP) is 5.34. The number of carbonyl (C=O) groups is 1. The molecule has 0 bridgehead atoms. The molecule has 1 aromatic heterocycles. The van der Waals surface area contributed by atoms with Crippen LogP contribution >= 0.6 is 0 Å². The lowest BCUT2D eigenvalue weighted by Gasteiger charge is -2.28. The van der Waals surface area contributed by atoms with Crippen LogP contribution in [0.15, 0.2) is 42.6 Å². The number of pyridine rings is 1. The smallest absolute Gasteiger partial charge is 0.460 e. The maximum atomic E-state index is 13.6. The van der Waals surface area contributed by atoms with E-state index in [1.54, 1.807) is 6.92 Å². The number of nitrogens with zero attached hydrogens (tertiary/aromatic N) is 1. The number of hydrogen-bond acceptors (Lipinski definition) is 4. The lowest BCUT2D eigenvalue weighted by molar-refractivity contribution is -0.359. The number of halogens is 7. The van der Waals surface area contributed by atoms with Crippen molar-refractivity contribution in [3.05, 3.63) is 53.7 Å².